The number of unbranched alkanes of at least 4 members (excludes halogenated alkanes) is 3. The van der Waals surface area contributed by atoms with Crippen LogP contribution < -0.4 is 0 Å². The van der Waals surface area contributed by atoms with E-state index in [1.165, 1.54) is 51.8 Å². The number of hydrogen-bond acceptors (Lipinski definition) is 0. The second-order valence-electron chi connectivity index (χ2n) is 5.67. The summed E-state index contributed by atoms with van der Waals surface area (Å²) >= 11 is -2.15. The molecule has 0 aromatic heterocycles. The van der Waals surface area contributed by atoms with Crippen molar-refractivity contribution in [1.29, 1.82) is 0 Å². The molecule has 0 amide bonds. The van der Waals surface area contributed by atoms with Crippen LogP contribution in [0.2, 0.25) is 13.3 Å². The molecule has 0 spiro atoms. The topological polar surface area (TPSA) is 0 Å². The fraction of sp³-hybridized carbons (Fsp3) is 0.778. The molecular weight excluding hydrogens is 335 g/mol. The molecule has 0 aromatic carbocycles. The van der Waals surface area contributed by atoms with E-state index in [-0.39, 0.29) is 0 Å². The second kappa shape index (κ2) is 13.1. The molecule has 0 aromatic rings. The molecule has 0 aliphatic carbocycles. The minimum absolute atomic E-state index is 1.11. The van der Waals surface area contributed by atoms with Crippen LogP contribution in [0.3, 0.4) is 0 Å². The van der Waals surface area contributed by atoms with Crippen LogP contribution in [0.4, 0.5) is 0 Å². The summed E-state index contributed by atoms with van der Waals surface area (Å²) in [4.78, 5) is 0. The SMILES string of the molecule is CC/C=C/C#[C][Sn]([CH2]CCC)([CH2]CCC)[CH2]CCC. The Labute approximate surface area is 126 Å². The molecule has 0 fully saturated rings. The first-order valence-corrected chi connectivity index (χ1v) is 15.9. The van der Waals surface area contributed by atoms with Crippen molar-refractivity contribution in [2.45, 2.75) is 86.0 Å². The molecule has 0 rings (SSSR count). The van der Waals surface area contributed by atoms with Crippen LogP contribution in [-0.4, -0.2) is 18.4 Å². The Hall–Kier alpha value is 0.0987. The van der Waals surface area contributed by atoms with Gasteiger partial charge < -0.3 is 0 Å². The zero-order valence-corrected chi connectivity index (χ0v) is 16.6. The van der Waals surface area contributed by atoms with E-state index >= 15 is 0 Å². The Morgan fingerprint density at radius 3 is 1.63 bits per heavy atom. The number of rotatable bonds is 10. The Kier molecular flexibility index (Phi) is 13.2. The molecule has 0 saturated carbocycles. The number of hydrogen-bond donors (Lipinski definition) is 0. The summed E-state index contributed by atoms with van der Waals surface area (Å²) in [6.07, 6.45) is 13.7. The van der Waals surface area contributed by atoms with Gasteiger partial charge in [-0.15, -0.1) is 0 Å². The first-order valence-electron chi connectivity index (χ1n) is 8.42. The van der Waals surface area contributed by atoms with E-state index < -0.39 is 18.4 Å². The van der Waals surface area contributed by atoms with Crippen molar-refractivity contribution in [1.82, 2.24) is 0 Å². The van der Waals surface area contributed by atoms with Crippen molar-refractivity contribution in [3.63, 3.8) is 0 Å². The summed E-state index contributed by atoms with van der Waals surface area (Å²) in [5.41, 5.74) is 0. The maximum atomic E-state index is 3.85. The quantitative estimate of drug-likeness (QED) is 0.311. The summed E-state index contributed by atoms with van der Waals surface area (Å²) in [5.74, 6) is 3.42. The van der Waals surface area contributed by atoms with E-state index in [0.29, 0.717) is 0 Å². The van der Waals surface area contributed by atoms with Crippen molar-refractivity contribution in [3.05, 3.63) is 12.2 Å². The van der Waals surface area contributed by atoms with Gasteiger partial charge in [0, 0.05) is 0 Å². The molecule has 19 heavy (non-hydrogen) atoms. The van der Waals surface area contributed by atoms with Gasteiger partial charge in [0.25, 0.3) is 0 Å². The minimum atomic E-state index is -2.15. The predicted octanol–water partition coefficient (Wildman–Crippen LogP) is 6.34. The van der Waals surface area contributed by atoms with Gasteiger partial charge in [0.1, 0.15) is 0 Å². The fourth-order valence-electron chi connectivity index (χ4n) is 2.48. The van der Waals surface area contributed by atoms with Crippen molar-refractivity contribution in [3.8, 4) is 9.86 Å². The van der Waals surface area contributed by atoms with Crippen LogP contribution in [0.1, 0.15) is 72.6 Å². The second-order valence-corrected chi connectivity index (χ2v) is 18.0. The third-order valence-corrected chi connectivity index (χ3v) is 16.9. The van der Waals surface area contributed by atoms with E-state index in [4.69, 9.17) is 0 Å². The Bertz CT molecular complexity index is 258. The zero-order chi connectivity index (χ0) is 14.4. The maximum absolute atomic E-state index is 3.85. The van der Waals surface area contributed by atoms with E-state index in [0.717, 1.165) is 6.42 Å². The summed E-state index contributed by atoms with van der Waals surface area (Å²) in [7, 11) is 0. The average molecular weight is 369 g/mol. The molecule has 0 aliphatic rings. The molecule has 0 saturated heterocycles. The van der Waals surface area contributed by atoms with E-state index in [9.17, 15) is 0 Å². The first-order chi connectivity index (χ1) is 9.24. The Morgan fingerprint density at radius 2 is 1.26 bits per heavy atom. The van der Waals surface area contributed by atoms with Crippen molar-refractivity contribution >= 4 is 18.4 Å². The Balaban J connectivity index is 4.83. The van der Waals surface area contributed by atoms with Gasteiger partial charge in [0.15, 0.2) is 0 Å². The molecule has 110 valence electrons. The van der Waals surface area contributed by atoms with Crippen molar-refractivity contribution in [2.24, 2.45) is 0 Å². The van der Waals surface area contributed by atoms with Crippen LogP contribution in [0.25, 0.3) is 0 Å². The molecule has 0 radical (unpaired) electrons. The van der Waals surface area contributed by atoms with Crippen molar-refractivity contribution in [2.75, 3.05) is 0 Å². The summed E-state index contributed by atoms with van der Waals surface area (Å²) in [5, 5.41) is 0. The summed E-state index contributed by atoms with van der Waals surface area (Å²) < 4.78 is 8.34. The normalized spacial score (nSPS) is 11.6. The summed E-state index contributed by atoms with van der Waals surface area (Å²) in [6, 6.07) is 0. The molecular formula is C18H34Sn. The van der Waals surface area contributed by atoms with Gasteiger partial charge in [-0.3, -0.25) is 0 Å². The predicted molar refractivity (Wildman–Crippen MR) is 92.1 cm³/mol. The van der Waals surface area contributed by atoms with Crippen LogP contribution in [0.5, 0.6) is 0 Å². The van der Waals surface area contributed by atoms with E-state index in [1.54, 1.807) is 0 Å². The average Bonchev–Trinajstić information content (AvgIpc) is 2.44. The fourth-order valence-corrected chi connectivity index (χ4v) is 15.6. The van der Waals surface area contributed by atoms with Gasteiger partial charge in [-0.25, -0.2) is 0 Å². The van der Waals surface area contributed by atoms with Gasteiger partial charge in [0.05, 0.1) is 0 Å². The monoisotopic (exact) mass is 370 g/mol. The molecule has 0 unspecified atom stereocenters. The molecule has 1 heteroatoms. The van der Waals surface area contributed by atoms with E-state index in [1.807, 2.05) is 0 Å². The number of allylic oxidation sites excluding steroid dienone is 2. The van der Waals surface area contributed by atoms with Gasteiger partial charge in [-0.2, -0.15) is 0 Å². The Morgan fingerprint density at radius 1 is 0.789 bits per heavy atom. The van der Waals surface area contributed by atoms with Crippen molar-refractivity contribution < 1.29 is 0 Å². The molecule has 0 nitrogen and oxygen atoms in total. The zero-order valence-electron chi connectivity index (χ0n) is 13.7. The van der Waals surface area contributed by atoms with Gasteiger partial charge in [0.2, 0.25) is 0 Å². The van der Waals surface area contributed by atoms with Crippen LogP contribution in [0, 0.1) is 9.86 Å². The third kappa shape index (κ3) is 9.60. The molecule has 0 heterocycles. The molecule has 0 N–H and O–H groups in total. The standard InChI is InChI=1S/C6H7.3C4H9.Sn/c1-3-5-6-4-2;3*1-3-4-2;/h5-6H,3H2,1H3;3*1,3-4H2,2H3;/b6-5+;;;;. The van der Waals surface area contributed by atoms with Gasteiger partial charge >= 0.3 is 126 Å². The van der Waals surface area contributed by atoms with Crippen LogP contribution in [-0.2, 0) is 0 Å². The van der Waals surface area contributed by atoms with E-state index in [2.05, 4.69) is 49.7 Å². The first kappa shape index (κ1) is 19.1. The van der Waals surface area contributed by atoms with Crippen LogP contribution in [0.15, 0.2) is 12.2 Å². The van der Waals surface area contributed by atoms with Gasteiger partial charge in [-0.1, -0.05) is 0 Å². The molecule has 0 aliphatic heterocycles. The van der Waals surface area contributed by atoms with Crippen LogP contribution >= 0.6 is 0 Å². The molecule has 0 bridgehead atoms. The van der Waals surface area contributed by atoms with Gasteiger partial charge in [-0.05, 0) is 0 Å². The summed E-state index contributed by atoms with van der Waals surface area (Å²) in [6.45, 7) is 9.14. The molecule has 0 atom stereocenters. The third-order valence-electron chi connectivity index (χ3n) is 3.80.